The Morgan fingerprint density at radius 3 is 0.939 bits per heavy atom. The van der Waals surface area contributed by atoms with Crippen LogP contribution in [0.25, 0.3) is 0 Å². The second-order valence-electron chi connectivity index (χ2n) is 6.95. The fourth-order valence-corrected chi connectivity index (χ4v) is 13.0. The molecule has 0 fully saturated rings. The van der Waals surface area contributed by atoms with Gasteiger partial charge in [-0.25, -0.2) is 0 Å². The van der Waals surface area contributed by atoms with Gasteiger partial charge >= 0.3 is 0 Å². The Hall–Kier alpha value is -1.38. The smallest absolute Gasteiger partial charge is 0.0806 e. The van der Waals surface area contributed by atoms with Crippen LogP contribution in [-0.4, -0.2) is 13.0 Å². The Labute approximate surface area is 218 Å². The molecule has 0 aliphatic heterocycles. The van der Waals surface area contributed by atoms with Crippen LogP contribution in [0.5, 0.6) is 0 Å². The largest absolute Gasteiger partial charge is 0.102 e. The van der Waals surface area contributed by atoms with Crippen molar-refractivity contribution in [1.82, 2.24) is 0 Å². The molecule has 6 heteroatoms. The van der Waals surface area contributed by atoms with Crippen LogP contribution in [0.4, 0.5) is 0 Å². The quantitative estimate of drug-likeness (QED) is 0.132. The Morgan fingerprint density at radius 2 is 0.697 bits per heavy atom. The van der Waals surface area contributed by atoms with Gasteiger partial charge < -0.3 is 0 Å². The first-order chi connectivity index (χ1) is 16.2. The minimum Gasteiger partial charge on any atom is -0.102 e. The zero-order chi connectivity index (χ0) is 22.9. The second-order valence-corrected chi connectivity index (χ2v) is 16.1. The highest BCUT2D eigenvalue weighted by Crippen LogP contribution is 2.45. The summed E-state index contributed by atoms with van der Waals surface area (Å²) in [5.74, 6) is 0. The molecule has 0 radical (unpaired) electrons. The highest BCUT2D eigenvalue weighted by Gasteiger charge is 2.22. The molecule has 0 unspecified atom stereocenters. The van der Waals surface area contributed by atoms with Crippen molar-refractivity contribution in [2.24, 2.45) is 0 Å². The van der Waals surface area contributed by atoms with Crippen molar-refractivity contribution >= 4 is 92.9 Å². The summed E-state index contributed by atoms with van der Waals surface area (Å²) in [5.41, 5.74) is 0. The molecule has 0 saturated heterocycles. The van der Waals surface area contributed by atoms with Crippen molar-refractivity contribution in [3.8, 4) is 0 Å². The maximum absolute atomic E-state index is 5.98. The van der Waals surface area contributed by atoms with Crippen LogP contribution in [0.15, 0.2) is 121 Å². The molecule has 164 valence electrons. The average molecular weight is 537 g/mol. The average Bonchev–Trinajstić information content (AvgIpc) is 2.87. The van der Waals surface area contributed by atoms with Crippen LogP contribution in [0, 0.1) is 0 Å². The third-order valence-electron chi connectivity index (χ3n) is 4.79. The van der Waals surface area contributed by atoms with Gasteiger partial charge in [-0.15, -0.1) is 23.5 Å². The molecule has 0 atom stereocenters. The van der Waals surface area contributed by atoms with E-state index < -0.39 is 15.8 Å². The van der Waals surface area contributed by atoms with Gasteiger partial charge in [0, 0.05) is 15.8 Å². The molecule has 4 rings (SSSR count). The minimum atomic E-state index is -0.703. The predicted molar refractivity (Wildman–Crippen MR) is 163 cm³/mol. The molecule has 0 aliphatic rings. The van der Waals surface area contributed by atoms with Gasteiger partial charge in [0.2, 0.25) is 0 Å². The number of benzene rings is 4. The van der Waals surface area contributed by atoms with E-state index in [0.717, 1.165) is 13.0 Å². The van der Waals surface area contributed by atoms with Gasteiger partial charge in [0.15, 0.2) is 0 Å². The molecule has 0 saturated carbocycles. The van der Waals surface area contributed by atoms with Gasteiger partial charge in [-0.05, 0) is 21.2 Å². The lowest BCUT2D eigenvalue weighted by Gasteiger charge is -2.21. The Balaban J connectivity index is 1.47. The van der Waals surface area contributed by atoms with E-state index in [1.54, 1.807) is 23.5 Å². The zero-order valence-corrected chi connectivity index (χ0v) is 22.8. The molecule has 33 heavy (non-hydrogen) atoms. The van der Waals surface area contributed by atoms with E-state index in [1.165, 1.54) is 21.2 Å². The fraction of sp³-hybridized carbons (Fsp3) is 0.0370. The lowest BCUT2D eigenvalue weighted by atomic mass is 10.4. The van der Waals surface area contributed by atoms with E-state index in [0.29, 0.717) is 0 Å². The van der Waals surface area contributed by atoms with E-state index in [4.69, 9.17) is 24.4 Å². The lowest BCUT2D eigenvalue weighted by molar-refractivity contribution is 1.76. The fourth-order valence-electron chi connectivity index (χ4n) is 3.29. The molecular weight excluding hydrogens is 515 g/mol. The number of hydrogen-bond donors (Lipinski definition) is 0. The van der Waals surface area contributed by atoms with E-state index in [1.807, 2.05) is 0 Å². The van der Waals surface area contributed by atoms with Gasteiger partial charge in [0.25, 0.3) is 0 Å². The first-order valence-electron chi connectivity index (χ1n) is 10.4. The Morgan fingerprint density at radius 1 is 0.455 bits per heavy atom. The zero-order valence-electron chi connectivity index (χ0n) is 17.8. The maximum Gasteiger partial charge on any atom is 0.0806 e. The normalized spacial score (nSPS) is 11.0. The summed E-state index contributed by atoms with van der Waals surface area (Å²) in [7, 11) is -1.41. The number of thioether (sulfide) groups is 2. The topological polar surface area (TPSA) is 0 Å². The molecule has 0 nitrogen and oxygen atoms in total. The predicted octanol–water partition coefficient (Wildman–Crippen LogP) is 7.25. The van der Waals surface area contributed by atoms with Crippen molar-refractivity contribution in [3.63, 3.8) is 0 Å². The molecule has 0 heterocycles. The monoisotopic (exact) mass is 536 g/mol. The summed E-state index contributed by atoms with van der Waals surface area (Å²) in [5, 5.41) is 5.99. The van der Waals surface area contributed by atoms with Gasteiger partial charge in [0.1, 0.15) is 0 Å². The van der Waals surface area contributed by atoms with Crippen molar-refractivity contribution in [1.29, 1.82) is 0 Å². The van der Waals surface area contributed by atoms with E-state index in [2.05, 4.69) is 121 Å². The molecule has 0 aromatic heterocycles. The van der Waals surface area contributed by atoms with Crippen molar-refractivity contribution in [2.75, 3.05) is 5.08 Å². The molecule has 0 amide bonds. The summed E-state index contributed by atoms with van der Waals surface area (Å²) in [6.45, 7) is 0. The third-order valence-corrected chi connectivity index (χ3v) is 13.9. The Kier molecular flexibility index (Phi) is 9.68. The Bertz CT molecular complexity index is 996. The van der Waals surface area contributed by atoms with E-state index in [-0.39, 0.29) is 0 Å². The molecule has 0 aliphatic carbocycles. The van der Waals surface area contributed by atoms with E-state index in [9.17, 15) is 0 Å². The highest BCUT2D eigenvalue weighted by atomic mass is 32.2. The summed E-state index contributed by atoms with van der Waals surface area (Å²) in [6.07, 6.45) is 0. The van der Waals surface area contributed by atoms with Crippen LogP contribution in [-0.2, 0) is 0 Å². The number of thiocarbonyl (C=S) groups is 2. The number of rotatable bonds is 8. The molecule has 4 aromatic carbocycles. The molecule has 4 aromatic rings. The number of hydrogen-bond acceptors (Lipinski definition) is 4. The van der Waals surface area contributed by atoms with Gasteiger partial charge in [0.05, 0.1) is 13.0 Å². The van der Waals surface area contributed by atoms with Crippen LogP contribution in [0.2, 0.25) is 0 Å². The van der Waals surface area contributed by atoms with Gasteiger partial charge in [-0.2, -0.15) is 0 Å². The first kappa shape index (κ1) is 24.7. The summed E-state index contributed by atoms with van der Waals surface area (Å²) in [6, 6.07) is 42.5. The van der Waals surface area contributed by atoms with Crippen LogP contribution in [0.3, 0.4) is 0 Å². The SMILES string of the molecule is S=C(SCSC(=S)P(c1ccccc1)c1ccccc1)P(c1ccccc1)c1ccccc1. The van der Waals surface area contributed by atoms with Crippen molar-refractivity contribution < 1.29 is 0 Å². The first-order valence-corrected chi connectivity index (χ1v) is 15.8. The molecule has 0 bridgehead atoms. The van der Waals surface area contributed by atoms with Crippen LogP contribution >= 0.6 is 63.8 Å². The van der Waals surface area contributed by atoms with Gasteiger partial charge in [-0.3, -0.25) is 0 Å². The summed E-state index contributed by atoms with van der Waals surface area (Å²) < 4.78 is 2.09. The van der Waals surface area contributed by atoms with E-state index >= 15 is 0 Å². The van der Waals surface area contributed by atoms with Gasteiger partial charge in [-0.1, -0.05) is 146 Å². The highest BCUT2D eigenvalue weighted by molar-refractivity contribution is 8.47. The molecule has 0 N–H and O–H groups in total. The minimum absolute atomic E-state index is 0.703. The van der Waals surface area contributed by atoms with Crippen LogP contribution < -0.4 is 21.2 Å². The summed E-state index contributed by atoms with van der Waals surface area (Å²) in [4.78, 5) is 0. The van der Waals surface area contributed by atoms with Crippen molar-refractivity contribution in [2.45, 2.75) is 0 Å². The van der Waals surface area contributed by atoms with Crippen molar-refractivity contribution in [3.05, 3.63) is 121 Å². The summed E-state index contributed by atoms with van der Waals surface area (Å²) >= 11 is 15.5. The standard InChI is InChI=1S/C27H22P2S4/c30-26(28(22-13-5-1-6-14-22)23-15-7-2-8-16-23)32-21-33-27(31)29(24-17-9-3-10-18-24)25-19-11-4-12-20-25/h1-20H,21H2. The maximum atomic E-state index is 5.98. The lowest BCUT2D eigenvalue weighted by Crippen LogP contribution is -2.16. The van der Waals surface area contributed by atoms with Crippen LogP contribution in [0.1, 0.15) is 0 Å². The second kappa shape index (κ2) is 12.9. The third kappa shape index (κ3) is 6.83. The molecule has 0 spiro atoms. The molecular formula is C27H22P2S4.